The molecule has 1 aromatic carbocycles. The van der Waals surface area contributed by atoms with E-state index in [0.717, 1.165) is 40.3 Å². The Morgan fingerprint density at radius 2 is 2.00 bits per heavy atom. The van der Waals surface area contributed by atoms with Crippen LogP contribution in [-0.2, 0) is 4.79 Å². The van der Waals surface area contributed by atoms with Crippen LogP contribution in [0.15, 0.2) is 27.1 Å². The molecule has 98 valence electrons. The van der Waals surface area contributed by atoms with Crippen molar-refractivity contribution >= 4 is 43.5 Å². The molecule has 18 heavy (non-hydrogen) atoms. The van der Waals surface area contributed by atoms with E-state index < -0.39 is 0 Å². The average Bonchev–Trinajstić information content (AvgIpc) is 2.34. The van der Waals surface area contributed by atoms with E-state index in [1.165, 1.54) is 0 Å². The van der Waals surface area contributed by atoms with Gasteiger partial charge in [0.25, 0.3) is 0 Å². The molecular weight excluding hydrogens is 360 g/mol. The summed E-state index contributed by atoms with van der Waals surface area (Å²) in [5.41, 5.74) is 6.80. The summed E-state index contributed by atoms with van der Waals surface area (Å²) < 4.78 is 1.82. The summed E-state index contributed by atoms with van der Waals surface area (Å²) in [6, 6.07) is 5.70. The number of benzene rings is 1. The SMILES string of the molecule is NC1CCCCC1C(=O)Nc1cc(Br)ccc1Br. The van der Waals surface area contributed by atoms with Gasteiger partial charge in [0.1, 0.15) is 0 Å². The molecule has 5 heteroatoms. The van der Waals surface area contributed by atoms with Gasteiger partial charge in [-0.3, -0.25) is 4.79 Å². The predicted octanol–water partition coefficient (Wildman–Crippen LogP) is 3.67. The number of carbonyl (C=O) groups excluding carboxylic acids is 1. The molecule has 1 amide bonds. The number of amides is 1. The molecule has 3 N–H and O–H groups in total. The third-order valence-corrected chi connectivity index (χ3v) is 4.53. The normalized spacial score (nSPS) is 23.7. The van der Waals surface area contributed by atoms with Crippen molar-refractivity contribution in [2.45, 2.75) is 31.7 Å². The van der Waals surface area contributed by atoms with Crippen LogP contribution in [-0.4, -0.2) is 11.9 Å². The highest BCUT2D eigenvalue weighted by molar-refractivity contribution is 9.11. The number of hydrogen-bond acceptors (Lipinski definition) is 2. The number of anilines is 1. The van der Waals surface area contributed by atoms with Crippen molar-refractivity contribution < 1.29 is 4.79 Å². The standard InChI is InChI=1S/C13H16Br2N2O/c14-8-5-6-10(15)12(7-8)17-13(18)9-3-1-2-4-11(9)16/h5-7,9,11H,1-4,16H2,(H,17,18). The van der Waals surface area contributed by atoms with Crippen LogP contribution < -0.4 is 11.1 Å². The molecule has 0 saturated heterocycles. The van der Waals surface area contributed by atoms with E-state index in [9.17, 15) is 4.79 Å². The van der Waals surface area contributed by atoms with E-state index in [4.69, 9.17) is 5.73 Å². The van der Waals surface area contributed by atoms with Crippen LogP contribution in [0.1, 0.15) is 25.7 Å². The van der Waals surface area contributed by atoms with Gasteiger partial charge in [0.2, 0.25) is 5.91 Å². The summed E-state index contributed by atoms with van der Waals surface area (Å²) in [4.78, 5) is 12.2. The second-order valence-electron chi connectivity index (χ2n) is 4.67. The smallest absolute Gasteiger partial charge is 0.229 e. The fourth-order valence-corrected chi connectivity index (χ4v) is 3.01. The van der Waals surface area contributed by atoms with Gasteiger partial charge in [-0.25, -0.2) is 0 Å². The van der Waals surface area contributed by atoms with Crippen molar-refractivity contribution in [2.75, 3.05) is 5.32 Å². The highest BCUT2D eigenvalue weighted by Gasteiger charge is 2.28. The first-order valence-corrected chi connectivity index (χ1v) is 7.68. The summed E-state index contributed by atoms with van der Waals surface area (Å²) in [5.74, 6) is -0.0365. The number of halogens is 2. The third kappa shape index (κ3) is 3.33. The van der Waals surface area contributed by atoms with Gasteiger partial charge >= 0.3 is 0 Å². The fourth-order valence-electron chi connectivity index (χ4n) is 2.30. The molecule has 1 aromatic rings. The van der Waals surface area contributed by atoms with E-state index in [1.54, 1.807) is 0 Å². The highest BCUT2D eigenvalue weighted by atomic mass is 79.9. The first-order chi connectivity index (χ1) is 8.58. The second-order valence-corrected chi connectivity index (χ2v) is 6.44. The van der Waals surface area contributed by atoms with Gasteiger partial charge in [-0.1, -0.05) is 28.8 Å². The molecule has 1 aliphatic rings. The second kappa shape index (κ2) is 6.17. The van der Waals surface area contributed by atoms with Gasteiger partial charge in [0.05, 0.1) is 11.6 Å². The van der Waals surface area contributed by atoms with Crippen molar-refractivity contribution in [3.8, 4) is 0 Å². The van der Waals surface area contributed by atoms with E-state index >= 15 is 0 Å². The monoisotopic (exact) mass is 374 g/mol. The number of rotatable bonds is 2. The maximum absolute atomic E-state index is 12.2. The van der Waals surface area contributed by atoms with E-state index in [0.29, 0.717) is 0 Å². The van der Waals surface area contributed by atoms with E-state index in [1.807, 2.05) is 18.2 Å². The topological polar surface area (TPSA) is 55.1 Å². The van der Waals surface area contributed by atoms with Crippen molar-refractivity contribution in [1.82, 2.24) is 0 Å². The van der Waals surface area contributed by atoms with Gasteiger partial charge in [-0.15, -0.1) is 0 Å². The van der Waals surface area contributed by atoms with Crippen LogP contribution in [0.5, 0.6) is 0 Å². The summed E-state index contributed by atoms with van der Waals surface area (Å²) in [6.45, 7) is 0. The zero-order chi connectivity index (χ0) is 13.1. The minimum Gasteiger partial charge on any atom is -0.327 e. The molecule has 1 aliphatic carbocycles. The van der Waals surface area contributed by atoms with Gasteiger partial charge < -0.3 is 11.1 Å². The average molecular weight is 376 g/mol. The molecule has 0 radical (unpaired) electrons. The first kappa shape index (κ1) is 14.0. The maximum Gasteiger partial charge on any atom is 0.229 e. The molecule has 3 nitrogen and oxygen atoms in total. The molecule has 0 heterocycles. The lowest BCUT2D eigenvalue weighted by Gasteiger charge is -2.27. The van der Waals surface area contributed by atoms with Crippen molar-refractivity contribution in [2.24, 2.45) is 11.7 Å². The van der Waals surface area contributed by atoms with Crippen LogP contribution in [0.3, 0.4) is 0 Å². The quantitative estimate of drug-likeness (QED) is 0.828. The third-order valence-electron chi connectivity index (χ3n) is 3.34. The summed E-state index contributed by atoms with van der Waals surface area (Å²) in [7, 11) is 0. The van der Waals surface area contributed by atoms with Crippen LogP contribution in [0, 0.1) is 5.92 Å². The van der Waals surface area contributed by atoms with Crippen LogP contribution in [0.4, 0.5) is 5.69 Å². The van der Waals surface area contributed by atoms with Gasteiger partial charge in [0, 0.05) is 15.0 Å². The lowest BCUT2D eigenvalue weighted by molar-refractivity contribution is -0.121. The molecule has 0 aromatic heterocycles. The van der Waals surface area contributed by atoms with Gasteiger partial charge in [-0.2, -0.15) is 0 Å². The number of nitrogens with two attached hydrogens (primary N) is 1. The summed E-state index contributed by atoms with van der Waals surface area (Å²) in [6.07, 6.45) is 4.05. The maximum atomic E-state index is 12.2. The van der Waals surface area contributed by atoms with Crippen LogP contribution >= 0.6 is 31.9 Å². The molecule has 2 unspecified atom stereocenters. The number of hydrogen-bond donors (Lipinski definition) is 2. The summed E-state index contributed by atoms with van der Waals surface area (Å²) in [5, 5.41) is 2.96. The highest BCUT2D eigenvalue weighted by Crippen LogP contribution is 2.29. The Labute approximate surface area is 124 Å². The Bertz CT molecular complexity index is 451. The Hall–Kier alpha value is -0.390. The molecule has 1 saturated carbocycles. The van der Waals surface area contributed by atoms with Crippen molar-refractivity contribution in [3.63, 3.8) is 0 Å². The Morgan fingerprint density at radius 1 is 1.28 bits per heavy atom. The van der Waals surface area contributed by atoms with Crippen molar-refractivity contribution in [3.05, 3.63) is 27.1 Å². The largest absolute Gasteiger partial charge is 0.327 e. The first-order valence-electron chi connectivity index (χ1n) is 6.09. The molecule has 2 rings (SSSR count). The zero-order valence-corrected chi connectivity index (χ0v) is 13.1. The molecule has 0 aliphatic heterocycles. The van der Waals surface area contributed by atoms with Crippen LogP contribution in [0.2, 0.25) is 0 Å². The van der Waals surface area contributed by atoms with Crippen molar-refractivity contribution in [1.29, 1.82) is 0 Å². The molecule has 0 bridgehead atoms. The Kier molecular flexibility index (Phi) is 4.81. The molecular formula is C13H16Br2N2O. The minimum atomic E-state index is -0.0652. The van der Waals surface area contributed by atoms with E-state index in [-0.39, 0.29) is 17.9 Å². The van der Waals surface area contributed by atoms with Gasteiger partial charge in [0.15, 0.2) is 0 Å². The minimum absolute atomic E-state index is 0.00956. The lowest BCUT2D eigenvalue weighted by atomic mass is 9.84. The summed E-state index contributed by atoms with van der Waals surface area (Å²) >= 11 is 6.83. The van der Waals surface area contributed by atoms with Gasteiger partial charge in [-0.05, 0) is 47.0 Å². The Balaban J connectivity index is 2.08. The predicted molar refractivity (Wildman–Crippen MR) is 80.4 cm³/mol. The molecule has 1 fully saturated rings. The number of carbonyl (C=O) groups is 1. The lowest BCUT2D eigenvalue weighted by Crippen LogP contribution is -2.40. The zero-order valence-electron chi connectivity index (χ0n) is 9.96. The number of nitrogens with one attached hydrogen (secondary N) is 1. The van der Waals surface area contributed by atoms with Crippen LogP contribution in [0.25, 0.3) is 0 Å². The fraction of sp³-hybridized carbons (Fsp3) is 0.462. The Morgan fingerprint density at radius 3 is 2.72 bits per heavy atom. The van der Waals surface area contributed by atoms with E-state index in [2.05, 4.69) is 37.2 Å². The molecule has 2 atom stereocenters. The molecule has 0 spiro atoms.